The van der Waals surface area contributed by atoms with E-state index in [2.05, 4.69) is 34.6 Å². The predicted molar refractivity (Wildman–Crippen MR) is 89.7 cm³/mol. The van der Waals surface area contributed by atoms with Gasteiger partial charge in [-0.3, -0.25) is 9.59 Å². The van der Waals surface area contributed by atoms with E-state index < -0.39 is 11.9 Å². The molecule has 0 saturated carbocycles. The quantitative estimate of drug-likeness (QED) is 0.571. The van der Waals surface area contributed by atoms with Crippen molar-refractivity contribution in [2.45, 2.75) is 66.7 Å². The van der Waals surface area contributed by atoms with Crippen molar-refractivity contribution < 1.29 is 19.8 Å². The first kappa shape index (κ1) is 23.2. The summed E-state index contributed by atoms with van der Waals surface area (Å²) in [6.07, 6.45) is 3.44. The van der Waals surface area contributed by atoms with Crippen LogP contribution in [0.25, 0.3) is 0 Å². The number of carboxylic acids is 2. The summed E-state index contributed by atoms with van der Waals surface area (Å²) in [4.78, 5) is 20.6. The lowest BCUT2D eigenvalue weighted by atomic mass is 9.92. The second kappa shape index (κ2) is 13.6. The third-order valence-electron chi connectivity index (χ3n) is 3.45. The zero-order valence-corrected chi connectivity index (χ0v) is 14.8. The highest BCUT2D eigenvalue weighted by atomic mass is 16.4. The van der Waals surface area contributed by atoms with Crippen molar-refractivity contribution in [3.05, 3.63) is 0 Å². The predicted octanol–water partition coefficient (Wildman–Crippen LogP) is 3.62. The Bertz CT molecular complexity index is 273. The lowest BCUT2D eigenvalue weighted by Gasteiger charge is -2.13. The molecule has 0 saturated heterocycles. The maximum absolute atomic E-state index is 10.4. The van der Waals surface area contributed by atoms with Crippen LogP contribution in [0.5, 0.6) is 0 Å². The Labute approximate surface area is 135 Å². The average molecular weight is 317 g/mol. The van der Waals surface area contributed by atoms with E-state index in [1.165, 1.54) is 0 Å². The van der Waals surface area contributed by atoms with Crippen molar-refractivity contribution in [3.8, 4) is 0 Å². The van der Waals surface area contributed by atoms with Gasteiger partial charge in [0.1, 0.15) is 0 Å². The molecule has 0 aromatic heterocycles. The topological polar surface area (TPSA) is 101 Å². The van der Waals surface area contributed by atoms with Crippen LogP contribution in [-0.2, 0) is 9.59 Å². The van der Waals surface area contributed by atoms with Gasteiger partial charge in [-0.25, -0.2) is 0 Å². The fourth-order valence-electron chi connectivity index (χ4n) is 2.48. The SMILES string of the molecule is CC(C)C[C@H](CN)CC(=O)O.CC[C@H](CC(=O)O)CC(C)C. The Morgan fingerprint density at radius 2 is 1.23 bits per heavy atom. The van der Waals surface area contributed by atoms with Gasteiger partial charge in [-0.05, 0) is 43.1 Å². The van der Waals surface area contributed by atoms with E-state index in [1.54, 1.807) is 0 Å². The van der Waals surface area contributed by atoms with Gasteiger partial charge in [-0.15, -0.1) is 0 Å². The van der Waals surface area contributed by atoms with E-state index in [0.29, 0.717) is 30.7 Å². The molecule has 22 heavy (non-hydrogen) atoms. The van der Waals surface area contributed by atoms with Crippen molar-refractivity contribution in [1.82, 2.24) is 0 Å². The molecule has 0 spiro atoms. The van der Waals surface area contributed by atoms with Crippen molar-refractivity contribution in [3.63, 3.8) is 0 Å². The van der Waals surface area contributed by atoms with Crippen LogP contribution >= 0.6 is 0 Å². The normalized spacial score (nSPS) is 13.5. The molecule has 0 aliphatic heterocycles. The van der Waals surface area contributed by atoms with Crippen molar-refractivity contribution in [2.75, 3.05) is 6.54 Å². The zero-order chi connectivity index (χ0) is 17.7. The summed E-state index contributed by atoms with van der Waals surface area (Å²) in [5, 5.41) is 17.0. The lowest BCUT2D eigenvalue weighted by Crippen LogP contribution is -2.19. The molecule has 0 unspecified atom stereocenters. The van der Waals surface area contributed by atoms with Gasteiger partial charge in [0, 0.05) is 12.8 Å². The second-order valence-corrected chi connectivity index (χ2v) is 6.83. The van der Waals surface area contributed by atoms with Gasteiger partial charge in [0.15, 0.2) is 0 Å². The Morgan fingerprint density at radius 1 is 0.864 bits per heavy atom. The molecule has 0 aliphatic carbocycles. The van der Waals surface area contributed by atoms with Crippen molar-refractivity contribution >= 4 is 11.9 Å². The smallest absolute Gasteiger partial charge is 0.303 e. The number of rotatable bonds is 10. The van der Waals surface area contributed by atoms with Crippen LogP contribution in [0.1, 0.15) is 66.7 Å². The monoisotopic (exact) mass is 317 g/mol. The van der Waals surface area contributed by atoms with Crippen molar-refractivity contribution in [2.24, 2.45) is 29.4 Å². The lowest BCUT2D eigenvalue weighted by molar-refractivity contribution is -0.139. The maximum atomic E-state index is 10.4. The summed E-state index contributed by atoms with van der Waals surface area (Å²) in [6, 6.07) is 0. The van der Waals surface area contributed by atoms with E-state index in [4.69, 9.17) is 15.9 Å². The number of carbonyl (C=O) groups is 2. The highest BCUT2D eigenvalue weighted by Crippen LogP contribution is 2.18. The van der Waals surface area contributed by atoms with Gasteiger partial charge in [-0.1, -0.05) is 41.0 Å². The standard InChI is InChI=1S/C9H18O2.C8H17NO2/c1-4-8(5-7(2)3)6-9(10)11;1-6(2)3-7(5-9)4-8(10)11/h7-8H,4-6H2,1-3H3,(H,10,11);6-7H,3-5,9H2,1-2H3,(H,10,11)/t8-;7-/m00/s1. The molecule has 5 nitrogen and oxygen atoms in total. The van der Waals surface area contributed by atoms with Gasteiger partial charge in [0.2, 0.25) is 0 Å². The molecule has 0 bridgehead atoms. The van der Waals surface area contributed by atoms with Crippen LogP contribution in [0.3, 0.4) is 0 Å². The molecule has 0 aromatic carbocycles. The average Bonchev–Trinajstić information content (AvgIpc) is 2.35. The zero-order valence-electron chi connectivity index (χ0n) is 14.8. The summed E-state index contributed by atoms with van der Waals surface area (Å²) in [6.45, 7) is 10.9. The summed E-state index contributed by atoms with van der Waals surface area (Å²) in [7, 11) is 0. The number of hydrogen-bond acceptors (Lipinski definition) is 3. The Kier molecular flexibility index (Phi) is 14.3. The summed E-state index contributed by atoms with van der Waals surface area (Å²) >= 11 is 0. The molecule has 2 atom stereocenters. The van der Waals surface area contributed by atoms with Gasteiger partial charge in [0.25, 0.3) is 0 Å². The summed E-state index contributed by atoms with van der Waals surface area (Å²) in [5.41, 5.74) is 5.41. The molecule has 4 N–H and O–H groups in total. The largest absolute Gasteiger partial charge is 0.481 e. The summed E-state index contributed by atoms with van der Waals surface area (Å²) < 4.78 is 0. The first-order valence-electron chi connectivity index (χ1n) is 8.25. The van der Waals surface area contributed by atoms with Crippen LogP contribution in [0, 0.1) is 23.7 Å². The molecular formula is C17H35NO4. The minimum atomic E-state index is -0.749. The van der Waals surface area contributed by atoms with E-state index in [0.717, 1.165) is 19.3 Å². The van der Waals surface area contributed by atoms with Gasteiger partial charge >= 0.3 is 11.9 Å². The van der Waals surface area contributed by atoms with Crippen LogP contribution in [0.15, 0.2) is 0 Å². The fourth-order valence-corrected chi connectivity index (χ4v) is 2.48. The summed E-state index contributed by atoms with van der Waals surface area (Å²) in [5.74, 6) is 0.237. The number of hydrogen-bond donors (Lipinski definition) is 3. The Balaban J connectivity index is 0. The Hall–Kier alpha value is -1.10. The van der Waals surface area contributed by atoms with Crippen LogP contribution in [0.4, 0.5) is 0 Å². The fraction of sp³-hybridized carbons (Fsp3) is 0.882. The van der Waals surface area contributed by atoms with Gasteiger partial charge in [-0.2, -0.15) is 0 Å². The van der Waals surface area contributed by atoms with E-state index in [1.807, 2.05) is 0 Å². The van der Waals surface area contributed by atoms with Gasteiger partial charge < -0.3 is 15.9 Å². The first-order valence-corrected chi connectivity index (χ1v) is 8.25. The van der Waals surface area contributed by atoms with Gasteiger partial charge in [0.05, 0.1) is 0 Å². The Morgan fingerprint density at radius 3 is 1.50 bits per heavy atom. The number of nitrogens with two attached hydrogens (primary N) is 1. The van der Waals surface area contributed by atoms with E-state index >= 15 is 0 Å². The van der Waals surface area contributed by atoms with Crippen LogP contribution < -0.4 is 5.73 Å². The third-order valence-corrected chi connectivity index (χ3v) is 3.45. The molecule has 0 radical (unpaired) electrons. The molecule has 0 aromatic rings. The highest BCUT2D eigenvalue weighted by Gasteiger charge is 2.13. The molecule has 0 fully saturated rings. The maximum Gasteiger partial charge on any atom is 0.303 e. The molecular weight excluding hydrogens is 282 g/mol. The molecule has 0 amide bonds. The van der Waals surface area contributed by atoms with Crippen LogP contribution in [0.2, 0.25) is 0 Å². The molecule has 0 aliphatic rings. The molecule has 0 heterocycles. The first-order chi connectivity index (χ1) is 10.1. The molecule has 0 rings (SSSR count). The molecule has 132 valence electrons. The minimum Gasteiger partial charge on any atom is -0.481 e. The second-order valence-electron chi connectivity index (χ2n) is 6.83. The number of aliphatic carboxylic acids is 2. The van der Waals surface area contributed by atoms with Crippen LogP contribution in [-0.4, -0.2) is 28.7 Å². The van der Waals surface area contributed by atoms with E-state index in [-0.39, 0.29) is 12.3 Å². The highest BCUT2D eigenvalue weighted by molar-refractivity contribution is 5.67. The van der Waals surface area contributed by atoms with E-state index in [9.17, 15) is 9.59 Å². The minimum absolute atomic E-state index is 0.146. The number of carboxylic acid groups (broad SMARTS) is 2. The molecule has 5 heteroatoms. The van der Waals surface area contributed by atoms with Crippen molar-refractivity contribution in [1.29, 1.82) is 0 Å². The third kappa shape index (κ3) is 17.0.